The third kappa shape index (κ3) is 1.74. The molecule has 0 aliphatic rings. The van der Waals surface area contributed by atoms with Crippen molar-refractivity contribution >= 4 is 27.5 Å². The van der Waals surface area contributed by atoms with Crippen LogP contribution in [0.2, 0.25) is 0 Å². The molecular formula is C16H9N3O3. The van der Waals surface area contributed by atoms with Crippen LogP contribution in [0.15, 0.2) is 61.8 Å². The van der Waals surface area contributed by atoms with Crippen LogP contribution in [0.25, 0.3) is 21.8 Å². The first kappa shape index (κ1) is 12.5. The maximum atomic E-state index is 12.3. The zero-order valence-corrected chi connectivity index (χ0v) is 11.2. The van der Waals surface area contributed by atoms with Gasteiger partial charge in [0.25, 0.3) is 0 Å². The summed E-state index contributed by atoms with van der Waals surface area (Å²) in [6, 6.07) is 11.6. The van der Waals surface area contributed by atoms with Gasteiger partial charge in [0.15, 0.2) is 5.36 Å². The monoisotopic (exact) mass is 291 g/mol. The van der Waals surface area contributed by atoms with E-state index in [2.05, 4.69) is 15.0 Å². The molecule has 0 bridgehead atoms. The molecule has 0 spiro atoms. The number of aromatic nitrogens is 2. The molecule has 4 rings (SSSR count). The van der Waals surface area contributed by atoms with E-state index in [4.69, 9.17) is 0 Å². The molecule has 0 unspecified atom stereocenters. The highest BCUT2D eigenvalue weighted by atomic mass is 16.1. The van der Waals surface area contributed by atoms with Gasteiger partial charge in [-0.25, -0.2) is 9.79 Å². The van der Waals surface area contributed by atoms with Crippen molar-refractivity contribution in [3.05, 3.63) is 78.8 Å². The standard InChI is InChI=1S/C16H9N3O3/c20-14-9-3-1-2-4-10(9)15(21)13(14)17-8-5-6-11-12(7-8)19-16(22)18-11/h1-7H,(H2,18,19,22). The largest absolute Gasteiger partial charge is 0.323 e. The second-order valence-corrected chi connectivity index (χ2v) is 4.97. The number of imidazole rings is 1. The molecule has 0 radical (unpaired) electrons. The van der Waals surface area contributed by atoms with E-state index in [9.17, 15) is 14.4 Å². The Morgan fingerprint density at radius 1 is 0.773 bits per heavy atom. The van der Waals surface area contributed by atoms with E-state index >= 15 is 0 Å². The van der Waals surface area contributed by atoms with Crippen LogP contribution in [0.4, 0.5) is 5.69 Å². The summed E-state index contributed by atoms with van der Waals surface area (Å²) in [4.78, 5) is 45.2. The number of nitrogens with one attached hydrogen (secondary N) is 2. The SMILES string of the molecule is O=c1[nH]c2ccc(N=c3c(=O)c4ccccc4c3=O)cc2[nH]1. The minimum absolute atomic E-state index is 0.0987. The van der Waals surface area contributed by atoms with Crippen LogP contribution in [0.3, 0.4) is 0 Å². The Bertz CT molecular complexity index is 1190. The lowest BCUT2D eigenvalue weighted by Crippen LogP contribution is -2.31. The van der Waals surface area contributed by atoms with E-state index in [1.807, 2.05) is 0 Å². The Labute approximate surface area is 122 Å². The Morgan fingerprint density at radius 3 is 2.09 bits per heavy atom. The Hall–Kier alpha value is -3.28. The van der Waals surface area contributed by atoms with Crippen molar-refractivity contribution in [1.82, 2.24) is 9.97 Å². The van der Waals surface area contributed by atoms with Gasteiger partial charge in [-0.1, -0.05) is 24.3 Å². The summed E-state index contributed by atoms with van der Waals surface area (Å²) in [6.07, 6.45) is 0. The highest BCUT2D eigenvalue weighted by molar-refractivity contribution is 5.83. The van der Waals surface area contributed by atoms with Crippen molar-refractivity contribution in [2.45, 2.75) is 0 Å². The molecule has 0 aliphatic carbocycles. The maximum Gasteiger partial charge on any atom is 0.323 e. The molecule has 0 aliphatic heterocycles. The molecule has 0 atom stereocenters. The molecule has 6 nitrogen and oxygen atoms in total. The highest BCUT2D eigenvalue weighted by Crippen LogP contribution is 2.16. The number of fused-ring (bicyclic) bond motifs is 2. The molecule has 2 N–H and O–H groups in total. The lowest BCUT2D eigenvalue weighted by atomic mass is 10.2. The summed E-state index contributed by atoms with van der Waals surface area (Å²) in [6.45, 7) is 0. The van der Waals surface area contributed by atoms with Gasteiger partial charge in [-0.15, -0.1) is 0 Å². The lowest BCUT2D eigenvalue weighted by Gasteiger charge is -1.92. The second kappa shape index (κ2) is 4.36. The van der Waals surface area contributed by atoms with Crippen molar-refractivity contribution < 1.29 is 0 Å². The smallest absolute Gasteiger partial charge is 0.306 e. The van der Waals surface area contributed by atoms with E-state index in [-0.39, 0.29) is 21.9 Å². The Kier molecular flexibility index (Phi) is 2.47. The topological polar surface area (TPSA) is 95.2 Å². The maximum absolute atomic E-state index is 12.3. The molecule has 106 valence electrons. The summed E-state index contributed by atoms with van der Waals surface area (Å²) in [5.74, 6) is 0. The molecule has 0 amide bonds. The number of hydrogen-bond donors (Lipinski definition) is 2. The predicted octanol–water partition coefficient (Wildman–Crippen LogP) is 0.838. The van der Waals surface area contributed by atoms with E-state index < -0.39 is 0 Å². The van der Waals surface area contributed by atoms with Gasteiger partial charge in [0.2, 0.25) is 10.9 Å². The van der Waals surface area contributed by atoms with Crippen LogP contribution in [-0.4, -0.2) is 9.97 Å². The molecule has 1 aromatic heterocycles. The molecule has 0 fully saturated rings. The molecule has 0 saturated carbocycles. The zero-order valence-electron chi connectivity index (χ0n) is 11.2. The summed E-state index contributed by atoms with van der Waals surface area (Å²) in [5, 5.41) is 0.656. The fraction of sp³-hybridized carbons (Fsp3) is 0. The molecule has 6 heteroatoms. The second-order valence-electron chi connectivity index (χ2n) is 4.97. The molecule has 4 aromatic rings. The quantitative estimate of drug-likeness (QED) is 0.544. The lowest BCUT2D eigenvalue weighted by molar-refractivity contribution is 1.21. The average molecular weight is 291 g/mol. The minimum Gasteiger partial charge on any atom is -0.306 e. The first-order valence-corrected chi connectivity index (χ1v) is 6.62. The van der Waals surface area contributed by atoms with Crippen LogP contribution in [0, 0.1) is 0 Å². The van der Waals surface area contributed by atoms with Gasteiger partial charge in [-0.2, -0.15) is 0 Å². The minimum atomic E-state index is -0.372. The summed E-state index contributed by atoms with van der Waals surface area (Å²) in [7, 11) is 0. The van der Waals surface area contributed by atoms with E-state index in [1.54, 1.807) is 42.5 Å². The van der Waals surface area contributed by atoms with Crippen LogP contribution in [0.1, 0.15) is 0 Å². The summed E-state index contributed by atoms with van der Waals surface area (Å²) in [5.41, 5.74) is 0.586. The normalized spacial score (nSPS) is 11.3. The van der Waals surface area contributed by atoms with Gasteiger partial charge in [-0.05, 0) is 18.2 Å². The van der Waals surface area contributed by atoms with Crippen LogP contribution >= 0.6 is 0 Å². The first-order chi connectivity index (χ1) is 10.6. The number of H-pyrrole nitrogens is 2. The van der Waals surface area contributed by atoms with E-state index in [0.717, 1.165) is 0 Å². The molecule has 3 aromatic carbocycles. The molecular weight excluding hydrogens is 282 g/mol. The molecule has 1 heterocycles. The van der Waals surface area contributed by atoms with E-state index in [1.165, 1.54) is 0 Å². The van der Waals surface area contributed by atoms with Crippen molar-refractivity contribution in [2.24, 2.45) is 4.99 Å². The van der Waals surface area contributed by atoms with Crippen LogP contribution < -0.4 is 21.9 Å². The fourth-order valence-corrected chi connectivity index (χ4v) is 2.56. The van der Waals surface area contributed by atoms with Crippen LogP contribution in [-0.2, 0) is 0 Å². The molecule has 22 heavy (non-hydrogen) atoms. The van der Waals surface area contributed by atoms with Crippen molar-refractivity contribution in [3.8, 4) is 0 Å². The highest BCUT2D eigenvalue weighted by Gasteiger charge is 2.10. The number of benzene rings is 2. The number of aromatic amines is 2. The van der Waals surface area contributed by atoms with Crippen molar-refractivity contribution in [2.75, 3.05) is 0 Å². The predicted molar refractivity (Wildman–Crippen MR) is 83.0 cm³/mol. The van der Waals surface area contributed by atoms with Gasteiger partial charge in [0, 0.05) is 10.8 Å². The number of rotatable bonds is 1. The fourth-order valence-electron chi connectivity index (χ4n) is 2.56. The van der Waals surface area contributed by atoms with Gasteiger partial charge < -0.3 is 9.97 Å². The van der Waals surface area contributed by atoms with Crippen molar-refractivity contribution in [1.29, 1.82) is 0 Å². The van der Waals surface area contributed by atoms with Gasteiger partial charge in [0.05, 0.1) is 16.7 Å². The van der Waals surface area contributed by atoms with Crippen LogP contribution in [0.5, 0.6) is 0 Å². The van der Waals surface area contributed by atoms with E-state index in [0.29, 0.717) is 27.5 Å². The summed E-state index contributed by atoms with van der Waals surface area (Å²) >= 11 is 0. The Morgan fingerprint density at radius 2 is 1.41 bits per heavy atom. The van der Waals surface area contributed by atoms with Gasteiger partial charge in [0.1, 0.15) is 0 Å². The third-order valence-corrected chi connectivity index (χ3v) is 3.59. The van der Waals surface area contributed by atoms with Crippen molar-refractivity contribution in [3.63, 3.8) is 0 Å². The first-order valence-electron chi connectivity index (χ1n) is 6.62. The summed E-state index contributed by atoms with van der Waals surface area (Å²) < 4.78 is 0. The average Bonchev–Trinajstić information content (AvgIpc) is 3.00. The van der Waals surface area contributed by atoms with Gasteiger partial charge in [-0.3, -0.25) is 9.59 Å². The number of nitrogens with zero attached hydrogens (tertiary/aromatic N) is 1. The number of hydrogen-bond acceptors (Lipinski definition) is 4. The van der Waals surface area contributed by atoms with Gasteiger partial charge >= 0.3 is 5.69 Å². The zero-order chi connectivity index (χ0) is 15.3. The Balaban J connectivity index is 2.04. The third-order valence-electron chi connectivity index (χ3n) is 3.59. The molecule has 0 saturated heterocycles.